The van der Waals surface area contributed by atoms with Crippen molar-refractivity contribution in [1.82, 2.24) is 9.80 Å². The van der Waals surface area contributed by atoms with Crippen LogP contribution in [-0.4, -0.2) is 49.0 Å². The molecule has 0 unspecified atom stereocenters. The molecule has 0 N–H and O–H groups in total. The number of carbonyl (C=O) groups excluding carboxylic acids is 1. The molecule has 166 valence electrons. The Bertz CT molecular complexity index is 1030. The number of hydrogen-bond donors (Lipinski definition) is 0. The van der Waals surface area contributed by atoms with Crippen molar-refractivity contribution >= 4 is 17.7 Å². The molecule has 4 rings (SSSR count). The van der Waals surface area contributed by atoms with Crippen LogP contribution in [0, 0.1) is 6.92 Å². The van der Waals surface area contributed by atoms with Crippen molar-refractivity contribution in [3.63, 3.8) is 0 Å². The molecular weight excluding hydrogens is 416 g/mol. The first-order valence-electron chi connectivity index (χ1n) is 11.0. The number of rotatable bonds is 7. The topological polar surface area (TPSA) is 32.8 Å². The summed E-state index contributed by atoms with van der Waals surface area (Å²) >= 11 is 1.76. The number of benzene rings is 3. The van der Waals surface area contributed by atoms with Gasteiger partial charge in [0, 0.05) is 54.5 Å². The second-order valence-electron chi connectivity index (χ2n) is 8.18. The summed E-state index contributed by atoms with van der Waals surface area (Å²) in [5.41, 5.74) is 4.36. The highest BCUT2D eigenvalue weighted by Gasteiger charge is 2.23. The summed E-state index contributed by atoms with van der Waals surface area (Å²) in [6, 6.07) is 24.8. The molecule has 0 aromatic heterocycles. The van der Waals surface area contributed by atoms with E-state index in [9.17, 15) is 4.79 Å². The van der Waals surface area contributed by atoms with Crippen LogP contribution in [0.3, 0.4) is 0 Å². The van der Waals surface area contributed by atoms with Gasteiger partial charge in [0.25, 0.3) is 5.91 Å². The van der Waals surface area contributed by atoms with Crippen molar-refractivity contribution in [2.24, 2.45) is 0 Å². The van der Waals surface area contributed by atoms with Crippen molar-refractivity contribution < 1.29 is 9.53 Å². The van der Waals surface area contributed by atoms with Crippen LogP contribution in [-0.2, 0) is 12.3 Å². The standard InChI is InChI=1S/C27H30N2O2S/c1-21-8-11-25(12-9-21)32-20-24-18-23(10-13-26(24)31-2)27(30)29-16-14-28(15-17-29)19-22-6-4-3-5-7-22/h3-13,18H,14-17,19-20H2,1-2H3. The van der Waals surface area contributed by atoms with Crippen LogP contribution in [0.1, 0.15) is 27.0 Å². The molecule has 0 spiro atoms. The lowest BCUT2D eigenvalue weighted by atomic mass is 10.1. The average molecular weight is 447 g/mol. The third kappa shape index (κ3) is 5.72. The molecule has 0 radical (unpaired) electrons. The monoisotopic (exact) mass is 446 g/mol. The predicted molar refractivity (Wildman–Crippen MR) is 131 cm³/mol. The Hall–Kier alpha value is -2.76. The average Bonchev–Trinajstić information content (AvgIpc) is 2.84. The summed E-state index contributed by atoms with van der Waals surface area (Å²) in [6.45, 7) is 6.33. The number of aryl methyl sites for hydroxylation is 1. The fraction of sp³-hybridized carbons (Fsp3) is 0.296. The predicted octanol–water partition coefficient (Wildman–Crippen LogP) is 5.25. The van der Waals surface area contributed by atoms with Gasteiger partial charge < -0.3 is 9.64 Å². The molecular formula is C27H30N2O2S. The molecule has 32 heavy (non-hydrogen) atoms. The van der Waals surface area contributed by atoms with Crippen LogP contribution in [0.25, 0.3) is 0 Å². The molecule has 3 aromatic rings. The van der Waals surface area contributed by atoms with Crippen molar-refractivity contribution in [2.75, 3.05) is 33.3 Å². The number of amides is 1. The Balaban J connectivity index is 1.38. The van der Waals surface area contributed by atoms with Crippen LogP contribution in [0.5, 0.6) is 5.75 Å². The molecule has 1 heterocycles. The fourth-order valence-corrected chi connectivity index (χ4v) is 4.83. The molecule has 0 bridgehead atoms. The number of nitrogens with zero attached hydrogens (tertiary/aromatic N) is 2. The number of thioether (sulfide) groups is 1. The maximum Gasteiger partial charge on any atom is 0.253 e. The Labute approximate surface area is 195 Å². The Morgan fingerprint density at radius 1 is 0.938 bits per heavy atom. The van der Waals surface area contributed by atoms with Gasteiger partial charge in [-0.15, -0.1) is 11.8 Å². The van der Waals surface area contributed by atoms with Crippen LogP contribution in [0.15, 0.2) is 77.7 Å². The minimum Gasteiger partial charge on any atom is -0.496 e. The van der Waals surface area contributed by atoms with Gasteiger partial charge in [-0.2, -0.15) is 0 Å². The van der Waals surface area contributed by atoms with E-state index in [0.717, 1.165) is 55.4 Å². The minimum absolute atomic E-state index is 0.105. The SMILES string of the molecule is COc1ccc(C(=O)N2CCN(Cc3ccccc3)CC2)cc1CSc1ccc(C)cc1. The summed E-state index contributed by atoms with van der Waals surface area (Å²) in [5, 5.41) is 0. The second-order valence-corrected chi connectivity index (χ2v) is 9.23. The van der Waals surface area contributed by atoms with Gasteiger partial charge in [0.2, 0.25) is 0 Å². The lowest BCUT2D eigenvalue weighted by Crippen LogP contribution is -2.48. The molecule has 5 heteroatoms. The summed E-state index contributed by atoms with van der Waals surface area (Å²) in [6.07, 6.45) is 0. The van der Waals surface area contributed by atoms with Gasteiger partial charge in [-0.05, 0) is 42.8 Å². The molecule has 3 aromatic carbocycles. The molecule has 1 aliphatic rings. The smallest absolute Gasteiger partial charge is 0.253 e. The van der Waals surface area contributed by atoms with E-state index in [1.54, 1.807) is 18.9 Å². The third-order valence-electron chi connectivity index (χ3n) is 5.85. The van der Waals surface area contributed by atoms with Gasteiger partial charge in [0.15, 0.2) is 0 Å². The maximum atomic E-state index is 13.2. The van der Waals surface area contributed by atoms with Gasteiger partial charge >= 0.3 is 0 Å². The van der Waals surface area contributed by atoms with Crippen LogP contribution < -0.4 is 4.74 Å². The molecule has 1 amide bonds. The minimum atomic E-state index is 0.105. The van der Waals surface area contributed by atoms with E-state index in [2.05, 4.69) is 60.4 Å². The normalized spacial score (nSPS) is 14.4. The number of methoxy groups -OCH3 is 1. The maximum absolute atomic E-state index is 13.2. The van der Waals surface area contributed by atoms with E-state index in [-0.39, 0.29) is 5.91 Å². The van der Waals surface area contributed by atoms with E-state index in [1.807, 2.05) is 29.2 Å². The van der Waals surface area contributed by atoms with E-state index < -0.39 is 0 Å². The van der Waals surface area contributed by atoms with Crippen LogP contribution in [0.2, 0.25) is 0 Å². The van der Waals surface area contributed by atoms with Gasteiger partial charge in [0.05, 0.1) is 7.11 Å². The van der Waals surface area contributed by atoms with Gasteiger partial charge in [-0.1, -0.05) is 48.0 Å². The highest BCUT2D eigenvalue weighted by molar-refractivity contribution is 7.98. The highest BCUT2D eigenvalue weighted by atomic mass is 32.2. The molecule has 0 atom stereocenters. The number of hydrogen-bond acceptors (Lipinski definition) is 4. The molecule has 1 aliphatic heterocycles. The van der Waals surface area contributed by atoms with E-state index in [1.165, 1.54) is 16.0 Å². The first-order chi connectivity index (χ1) is 15.6. The zero-order valence-corrected chi connectivity index (χ0v) is 19.6. The number of ether oxygens (including phenoxy) is 1. The van der Waals surface area contributed by atoms with E-state index in [0.29, 0.717) is 0 Å². The zero-order valence-electron chi connectivity index (χ0n) is 18.8. The third-order valence-corrected chi connectivity index (χ3v) is 6.91. The quantitative estimate of drug-likeness (QED) is 0.464. The van der Waals surface area contributed by atoms with Crippen molar-refractivity contribution in [2.45, 2.75) is 24.1 Å². The fourth-order valence-electron chi connectivity index (χ4n) is 3.95. The summed E-state index contributed by atoms with van der Waals surface area (Å²) in [7, 11) is 1.68. The first-order valence-corrected chi connectivity index (χ1v) is 12.0. The lowest BCUT2D eigenvalue weighted by Gasteiger charge is -2.35. The van der Waals surface area contributed by atoms with Crippen molar-refractivity contribution in [1.29, 1.82) is 0 Å². The molecule has 1 fully saturated rings. The van der Waals surface area contributed by atoms with Crippen LogP contribution >= 0.6 is 11.8 Å². The molecule has 0 saturated carbocycles. The highest BCUT2D eigenvalue weighted by Crippen LogP contribution is 2.29. The van der Waals surface area contributed by atoms with Crippen molar-refractivity contribution in [3.8, 4) is 5.75 Å². The van der Waals surface area contributed by atoms with Crippen LogP contribution in [0.4, 0.5) is 0 Å². The Morgan fingerprint density at radius 2 is 1.66 bits per heavy atom. The van der Waals surface area contributed by atoms with E-state index >= 15 is 0 Å². The Kier molecular flexibility index (Phi) is 7.51. The van der Waals surface area contributed by atoms with Gasteiger partial charge in [-0.25, -0.2) is 0 Å². The number of carbonyl (C=O) groups is 1. The summed E-state index contributed by atoms with van der Waals surface area (Å²) in [4.78, 5) is 18.8. The second kappa shape index (κ2) is 10.7. The molecule has 1 saturated heterocycles. The van der Waals surface area contributed by atoms with Gasteiger partial charge in [-0.3, -0.25) is 9.69 Å². The van der Waals surface area contributed by atoms with Gasteiger partial charge in [0.1, 0.15) is 5.75 Å². The lowest BCUT2D eigenvalue weighted by molar-refractivity contribution is 0.0628. The van der Waals surface area contributed by atoms with E-state index in [4.69, 9.17) is 4.74 Å². The molecule has 4 nitrogen and oxygen atoms in total. The molecule has 0 aliphatic carbocycles. The number of piperazine rings is 1. The van der Waals surface area contributed by atoms with Crippen molar-refractivity contribution in [3.05, 3.63) is 95.1 Å². The largest absolute Gasteiger partial charge is 0.496 e. The first kappa shape index (κ1) is 22.4. The Morgan fingerprint density at radius 3 is 2.34 bits per heavy atom. The summed E-state index contributed by atoms with van der Waals surface area (Å²) in [5.74, 6) is 1.69. The summed E-state index contributed by atoms with van der Waals surface area (Å²) < 4.78 is 5.56. The zero-order chi connectivity index (χ0) is 22.3.